The van der Waals surface area contributed by atoms with Crippen LogP contribution in [0.5, 0.6) is 0 Å². The molecule has 0 spiro atoms. The summed E-state index contributed by atoms with van der Waals surface area (Å²) in [5, 5.41) is 14.4. The standard InChI is InChI=1S/C20H15FN6O2/c1-26-19(28)6-5-18(25-26)13-7-14(9-15(21)8-13)20(29)24-16-3-2-4-17(10-16)27-11-22-23-12-27/h2-12H,1H3,(H,24,29). The first-order chi connectivity index (χ1) is 14.0. The highest BCUT2D eigenvalue weighted by Gasteiger charge is 2.12. The zero-order valence-electron chi connectivity index (χ0n) is 15.3. The number of benzene rings is 2. The van der Waals surface area contributed by atoms with Gasteiger partial charge >= 0.3 is 0 Å². The van der Waals surface area contributed by atoms with Gasteiger partial charge in [0.15, 0.2) is 0 Å². The highest BCUT2D eigenvalue weighted by molar-refractivity contribution is 6.05. The van der Waals surface area contributed by atoms with Crippen molar-refractivity contribution in [3.63, 3.8) is 0 Å². The number of rotatable bonds is 4. The number of hydrogen-bond acceptors (Lipinski definition) is 5. The van der Waals surface area contributed by atoms with Crippen LogP contribution in [-0.2, 0) is 7.05 Å². The first-order valence-corrected chi connectivity index (χ1v) is 8.61. The minimum Gasteiger partial charge on any atom is -0.322 e. The molecule has 0 aliphatic heterocycles. The average Bonchev–Trinajstić information content (AvgIpc) is 3.25. The van der Waals surface area contributed by atoms with Crippen LogP contribution in [0.3, 0.4) is 0 Å². The Bertz CT molecular complexity index is 1250. The molecule has 0 unspecified atom stereocenters. The Morgan fingerprint density at radius 1 is 1.03 bits per heavy atom. The molecule has 2 aromatic heterocycles. The lowest BCUT2D eigenvalue weighted by molar-refractivity contribution is 0.102. The van der Waals surface area contributed by atoms with E-state index in [-0.39, 0.29) is 11.1 Å². The van der Waals surface area contributed by atoms with Crippen LogP contribution in [0.15, 0.2) is 72.0 Å². The first kappa shape index (κ1) is 18.2. The maximum Gasteiger partial charge on any atom is 0.266 e. The molecule has 1 amide bonds. The SMILES string of the molecule is Cn1nc(-c2cc(F)cc(C(=O)Nc3cccc(-n4cnnc4)c3)c2)ccc1=O. The fraction of sp³-hybridized carbons (Fsp3) is 0.0500. The molecule has 144 valence electrons. The Labute approximate surface area is 164 Å². The van der Waals surface area contributed by atoms with Crippen molar-refractivity contribution in [3.8, 4) is 16.9 Å². The molecule has 0 aliphatic rings. The van der Waals surface area contributed by atoms with Gasteiger partial charge in [0.25, 0.3) is 11.5 Å². The smallest absolute Gasteiger partial charge is 0.266 e. The molecule has 0 radical (unpaired) electrons. The van der Waals surface area contributed by atoms with Crippen LogP contribution in [0.4, 0.5) is 10.1 Å². The number of halogens is 1. The molecular formula is C20H15FN6O2. The van der Waals surface area contributed by atoms with Crippen LogP contribution in [0.1, 0.15) is 10.4 Å². The molecule has 0 atom stereocenters. The third-order valence-electron chi connectivity index (χ3n) is 4.24. The predicted octanol–water partition coefficient (Wildman–Crippen LogP) is 2.42. The summed E-state index contributed by atoms with van der Waals surface area (Å²) in [6.45, 7) is 0. The molecule has 0 fully saturated rings. The van der Waals surface area contributed by atoms with Crippen LogP contribution < -0.4 is 10.9 Å². The normalized spacial score (nSPS) is 10.7. The summed E-state index contributed by atoms with van der Waals surface area (Å²) in [5.41, 5.74) is 1.93. The van der Waals surface area contributed by atoms with Gasteiger partial charge in [0.2, 0.25) is 0 Å². The summed E-state index contributed by atoms with van der Waals surface area (Å²) >= 11 is 0. The second-order valence-electron chi connectivity index (χ2n) is 6.28. The lowest BCUT2D eigenvalue weighted by atomic mass is 10.1. The lowest BCUT2D eigenvalue weighted by Crippen LogP contribution is -2.18. The van der Waals surface area contributed by atoms with Crippen molar-refractivity contribution in [2.75, 3.05) is 5.32 Å². The van der Waals surface area contributed by atoms with E-state index >= 15 is 0 Å². The van der Waals surface area contributed by atoms with E-state index in [1.165, 1.54) is 31.3 Å². The Morgan fingerprint density at radius 2 is 1.83 bits per heavy atom. The topological polar surface area (TPSA) is 94.7 Å². The van der Waals surface area contributed by atoms with Crippen LogP contribution in [0, 0.1) is 5.82 Å². The van der Waals surface area contributed by atoms with Crippen molar-refractivity contribution >= 4 is 11.6 Å². The molecule has 2 heterocycles. The third kappa shape index (κ3) is 3.93. The molecule has 29 heavy (non-hydrogen) atoms. The van der Waals surface area contributed by atoms with Gasteiger partial charge in [-0.15, -0.1) is 10.2 Å². The molecular weight excluding hydrogens is 375 g/mol. The van der Waals surface area contributed by atoms with Gasteiger partial charge in [-0.05, 0) is 42.5 Å². The molecule has 2 aromatic carbocycles. The number of nitrogens with one attached hydrogen (secondary N) is 1. The largest absolute Gasteiger partial charge is 0.322 e. The maximum atomic E-state index is 14.1. The zero-order valence-corrected chi connectivity index (χ0v) is 15.3. The van der Waals surface area contributed by atoms with E-state index in [1.807, 2.05) is 6.07 Å². The first-order valence-electron chi connectivity index (χ1n) is 8.61. The van der Waals surface area contributed by atoms with E-state index in [9.17, 15) is 14.0 Å². The summed E-state index contributed by atoms with van der Waals surface area (Å²) in [4.78, 5) is 24.2. The Balaban J connectivity index is 1.62. The van der Waals surface area contributed by atoms with Gasteiger partial charge in [-0.1, -0.05) is 6.07 Å². The molecule has 9 heteroatoms. The van der Waals surface area contributed by atoms with Gasteiger partial charge in [-0.3, -0.25) is 14.2 Å². The quantitative estimate of drug-likeness (QED) is 0.578. The third-order valence-corrected chi connectivity index (χ3v) is 4.24. The summed E-state index contributed by atoms with van der Waals surface area (Å²) in [6.07, 6.45) is 3.08. The molecule has 1 N–H and O–H groups in total. The number of aromatic nitrogens is 5. The van der Waals surface area contributed by atoms with E-state index in [2.05, 4.69) is 20.6 Å². The van der Waals surface area contributed by atoms with Crippen molar-refractivity contribution in [2.24, 2.45) is 7.05 Å². The van der Waals surface area contributed by atoms with Gasteiger partial charge in [-0.25, -0.2) is 9.07 Å². The van der Waals surface area contributed by atoms with Crippen molar-refractivity contribution in [2.45, 2.75) is 0 Å². The second-order valence-corrected chi connectivity index (χ2v) is 6.28. The highest BCUT2D eigenvalue weighted by atomic mass is 19.1. The predicted molar refractivity (Wildman–Crippen MR) is 104 cm³/mol. The van der Waals surface area contributed by atoms with Gasteiger partial charge < -0.3 is 5.32 Å². The number of aryl methyl sites for hydroxylation is 1. The summed E-state index contributed by atoms with van der Waals surface area (Å²) < 4.78 is 17.0. The van der Waals surface area contributed by atoms with Crippen molar-refractivity contribution in [1.29, 1.82) is 0 Å². The highest BCUT2D eigenvalue weighted by Crippen LogP contribution is 2.21. The average molecular weight is 390 g/mol. The van der Waals surface area contributed by atoms with E-state index < -0.39 is 11.7 Å². The Kier molecular flexibility index (Phi) is 4.70. The van der Waals surface area contributed by atoms with Crippen LogP contribution in [0.2, 0.25) is 0 Å². The Morgan fingerprint density at radius 3 is 2.59 bits per heavy atom. The number of hydrogen-bond donors (Lipinski definition) is 1. The van der Waals surface area contributed by atoms with Gasteiger partial charge in [0.05, 0.1) is 11.4 Å². The molecule has 4 aromatic rings. The van der Waals surface area contributed by atoms with Crippen molar-refractivity contribution in [1.82, 2.24) is 24.5 Å². The summed E-state index contributed by atoms with van der Waals surface area (Å²) in [6, 6.07) is 13.8. The number of carbonyl (C=O) groups is 1. The van der Waals surface area contributed by atoms with Crippen LogP contribution in [-0.4, -0.2) is 30.5 Å². The minimum absolute atomic E-state index is 0.130. The monoisotopic (exact) mass is 390 g/mol. The number of amides is 1. The zero-order chi connectivity index (χ0) is 20.4. The van der Waals surface area contributed by atoms with Crippen LogP contribution in [0.25, 0.3) is 16.9 Å². The maximum absolute atomic E-state index is 14.1. The number of nitrogens with zero attached hydrogens (tertiary/aromatic N) is 5. The van der Waals surface area contributed by atoms with Crippen molar-refractivity contribution < 1.29 is 9.18 Å². The van der Waals surface area contributed by atoms with Crippen LogP contribution >= 0.6 is 0 Å². The van der Waals surface area contributed by atoms with Gasteiger partial charge in [0, 0.05) is 29.9 Å². The molecule has 0 bridgehead atoms. The second kappa shape index (κ2) is 7.47. The van der Waals surface area contributed by atoms with E-state index in [0.29, 0.717) is 16.9 Å². The fourth-order valence-electron chi connectivity index (χ4n) is 2.81. The minimum atomic E-state index is -0.582. The van der Waals surface area contributed by atoms with E-state index in [4.69, 9.17) is 0 Å². The number of carbonyl (C=O) groups excluding carboxylic acids is 1. The van der Waals surface area contributed by atoms with E-state index in [1.54, 1.807) is 35.4 Å². The van der Waals surface area contributed by atoms with Crippen molar-refractivity contribution in [3.05, 3.63) is 89.0 Å². The number of anilines is 1. The molecule has 0 saturated carbocycles. The van der Waals surface area contributed by atoms with E-state index in [0.717, 1.165) is 16.4 Å². The molecule has 0 saturated heterocycles. The van der Waals surface area contributed by atoms with Gasteiger partial charge in [-0.2, -0.15) is 5.10 Å². The fourth-order valence-corrected chi connectivity index (χ4v) is 2.81. The lowest BCUT2D eigenvalue weighted by Gasteiger charge is -2.09. The molecule has 4 rings (SSSR count). The summed E-state index contributed by atoms with van der Waals surface area (Å²) in [7, 11) is 1.50. The molecule has 8 nitrogen and oxygen atoms in total. The van der Waals surface area contributed by atoms with Gasteiger partial charge in [0.1, 0.15) is 18.5 Å². The Hall–Kier alpha value is -4.14. The molecule has 0 aliphatic carbocycles. The summed E-state index contributed by atoms with van der Waals surface area (Å²) in [5.74, 6) is -1.06.